The zero-order valence-corrected chi connectivity index (χ0v) is 21.6. The Hall–Kier alpha value is -3.50. The summed E-state index contributed by atoms with van der Waals surface area (Å²) in [5.41, 5.74) is 4.82. The van der Waals surface area contributed by atoms with Crippen LogP contribution in [0.4, 0.5) is 33.0 Å². The Labute approximate surface area is 211 Å². The molecule has 0 atom stereocenters. The molecule has 0 radical (unpaired) electrons. The van der Waals surface area contributed by atoms with Crippen LogP contribution >= 0.6 is 0 Å². The predicted octanol–water partition coefficient (Wildman–Crippen LogP) is 3.81. The molecule has 36 heavy (non-hydrogen) atoms. The molecule has 3 heterocycles. The van der Waals surface area contributed by atoms with Crippen LogP contribution < -0.4 is 20.9 Å². The van der Waals surface area contributed by atoms with Crippen molar-refractivity contribution in [1.29, 1.82) is 0 Å². The van der Waals surface area contributed by atoms with Crippen molar-refractivity contribution in [2.45, 2.75) is 33.4 Å². The number of piperazine rings is 1. The third kappa shape index (κ3) is 5.50. The second-order valence-corrected chi connectivity index (χ2v) is 9.39. The van der Waals surface area contributed by atoms with Crippen molar-refractivity contribution in [2.24, 2.45) is 7.05 Å². The Balaban J connectivity index is 1.62. The molecule has 3 N–H and O–H groups in total. The van der Waals surface area contributed by atoms with Crippen molar-refractivity contribution in [3.8, 4) is 0 Å². The van der Waals surface area contributed by atoms with E-state index in [4.69, 9.17) is 0 Å². The highest BCUT2D eigenvalue weighted by Crippen LogP contribution is 2.33. The van der Waals surface area contributed by atoms with E-state index < -0.39 is 5.82 Å². The molecule has 10 heteroatoms. The average Bonchev–Trinajstić information content (AvgIpc) is 3.17. The number of nitrogens with one attached hydrogen (secondary N) is 3. The maximum absolute atomic E-state index is 14.8. The number of carbonyl (C=O) groups excluding carboxylic acids is 1. The Morgan fingerprint density at radius 1 is 1.11 bits per heavy atom. The highest BCUT2D eigenvalue weighted by Gasteiger charge is 2.23. The molecule has 1 saturated heterocycles. The summed E-state index contributed by atoms with van der Waals surface area (Å²) in [6, 6.07) is 5.97. The number of nitrogens with zero attached hydrogens (tertiary/aromatic N) is 5. The van der Waals surface area contributed by atoms with Crippen LogP contribution in [-0.2, 0) is 13.6 Å². The van der Waals surface area contributed by atoms with Crippen LogP contribution in [0.1, 0.15) is 35.5 Å². The van der Waals surface area contributed by atoms with E-state index >= 15 is 0 Å². The molecule has 3 aromatic rings. The number of carbonyl (C=O) groups is 1. The highest BCUT2D eigenvalue weighted by atomic mass is 19.1. The first-order valence-electron chi connectivity index (χ1n) is 12.2. The fourth-order valence-corrected chi connectivity index (χ4v) is 4.64. The molecule has 2 aromatic heterocycles. The van der Waals surface area contributed by atoms with Gasteiger partial charge in [-0.25, -0.2) is 9.37 Å². The molecule has 1 aliphatic rings. The van der Waals surface area contributed by atoms with Gasteiger partial charge in [-0.15, -0.1) is 0 Å². The maximum atomic E-state index is 14.8. The first-order valence-corrected chi connectivity index (χ1v) is 12.2. The number of hydrogen-bond acceptors (Lipinski definition) is 8. The van der Waals surface area contributed by atoms with Gasteiger partial charge in [-0.05, 0) is 40.0 Å². The fourth-order valence-electron chi connectivity index (χ4n) is 4.64. The maximum Gasteiger partial charge on any atom is 0.165 e. The minimum absolute atomic E-state index is 0.228. The van der Waals surface area contributed by atoms with E-state index in [1.807, 2.05) is 39.3 Å². The zero-order chi connectivity index (χ0) is 25.8. The minimum Gasteiger partial charge on any atom is -0.369 e. The van der Waals surface area contributed by atoms with E-state index in [9.17, 15) is 9.18 Å². The van der Waals surface area contributed by atoms with Crippen LogP contribution in [0.2, 0.25) is 0 Å². The van der Waals surface area contributed by atoms with E-state index in [2.05, 4.69) is 49.7 Å². The van der Waals surface area contributed by atoms with Gasteiger partial charge in [0.15, 0.2) is 12.1 Å². The third-order valence-corrected chi connectivity index (χ3v) is 6.59. The van der Waals surface area contributed by atoms with E-state index in [0.29, 0.717) is 29.7 Å². The van der Waals surface area contributed by atoms with Gasteiger partial charge in [0.1, 0.15) is 5.82 Å². The van der Waals surface area contributed by atoms with Crippen molar-refractivity contribution < 1.29 is 9.18 Å². The quantitative estimate of drug-likeness (QED) is 0.387. The van der Waals surface area contributed by atoms with E-state index in [0.717, 1.165) is 61.3 Å². The molecule has 0 saturated carbocycles. The summed E-state index contributed by atoms with van der Waals surface area (Å²) in [5, 5.41) is 13.8. The molecule has 0 aliphatic carbocycles. The van der Waals surface area contributed by atoms with Gasteiger partial charge in [-0.1, -0.05) is 0 Å². The van der Waals surface area contributed by atoms with Crippen molar-refractivity contribution in [2.75, 3.05) is 48.8 Å². The predicted molar refractivity (Wildman–Crippen MR) is 142 cm³/mol. The molecule has 1 aromatic carbocycles. The van der Waals surface area contributed by atoms with Gasteiger partial charge in [0.05, 0.1) is 23.3 Å². The second-order valence-electron chi connectivity index (χ2n) is 9.39. The van der Waals surface area contributed by atoms with Crippen LogP contribution in [0.15, 0.2) is 30.6 Å². The Kier molecular flexibility index (Phi) is 7.85. The smallest absolute Gasteiger partial charge is 0.165 e. The van der Waals surface area contributed by atoms with E-state index in [1.54, 1.807) is 10.7 Å². The van der Waals surface area contributed by atoms with Gasteiger partial charge >= 0.3 is 0 Å². The Bertz CT molecular complexity index is 1220. The van der Waals surface area contributed by atoms with Gasteiger partial charge in [0.25, 0.3) is 0 Å². The second kappa shape index (κ2) is 11.0. The summed E-state index contributed by atoms with van der Waals surface area (Å²) in [6.07, 6.45) is 3.84. The normalized spacial score (nSPS) is 14.4. The number of aromatic nitrogens is 3. The standard InChI is InChI=1S/C26H35FN8O/c1-17(2)34-8-10-35(11-9-34)25-7-6-22(20(16-36)19(25)13-28-4)30-23-12-26(29-14-21(23)27)31-24-15-33(5)32-18(24)3/h6-7,12,14-17,28H,8-11,13H2,1-5H3,(H2,29,30,31). The molecular formula is C26H35FN8O. The summed E-state index contributed by atoms with van der Waals surface area (Å²) in [4.78, 5) is 21.2. The van der Waals surface area contributed by atoms with Crippen LogP contribution in [0.3, 0.4) is 0 Å². The molecule has 0 unspecified atom stereocenters. The monoisotopic (exact) mass is 494 g/mol. The van der Waals surface area contributed by atoms with Crippen molar-refractivity contribution in [3.05, 3.63) is 53.2 Å². The number of rotatable bonds is 9. The lowest BCUT2D eigenvalue weighted by molar-refractivity contribution is 0.112. The lowest BCUT2D eigenvalue weighted by Gasteiger charge is -2.39. The highest BCUT2D eigenvalue weighted by molar-refractivity contribution is 5.91. The molecule has 192 valence electrons. The summed E-state index contributed by atoms with van der Waals surface area (Å²) in [6.45, 7) is 10.6. The van der Waals surface area contributed by atoms with Crippen molar-refractivity contribution in [3.63, 3.8) is 0 Å². The van der Waals surface area contributed by atoms with Crippen LogP contribution in [0, 0.1) is 12.7 Å². The molecule has 1 aliphatic heterocycles. The number of aryl methyl sites for hydroxylation is 2. The van der Waals surface area contributed by atoms with Crippen molar-refractivity contribution in [1.82, 2.24) is 25.0 Å². The van der Waals surface area contributed by atoms with Gasteiger partial charge in [0, 0.05) is 80.6 Å². The SMILES string of the molecule is CNCc1c(N2CCN(C(C)C)CC2)ccc(Nc2cc(Nc3cn(C)nc3C)ncc2F)c1C=O. The summed E-state index contributed by atoms with van der Waals surface area (Å²) < 4.78 is 16.4. The summed E-state index contributed by atoms with van der Waals surface area (Å²) in [5.74, 6) is -0.0397. The van der Waals surface area contributed by atoms with Crippen molar-refractivity contribution >= 4 is 34.9 Å². The first-order chi connectivity index (χ1) is 17.3. The topological polar surface area (TPSA) is 90.3 Å². The number of aldehydes is 1. The first kappa shape index (κ1) is 25.6. The fraction of sp³-hybridized carbons (Fsp3) is 0.423. The Morgan fingerprint density at radius 3 is 2.47 bits per heavy atom. The van der Waals surface area contributed by atoms with Crippen LogP contribution in [-0.4, -0.2) is 65.2 Å². The molecule has 0 amide bonds. The Morgan fingerprint density at radius 2 is 1.86 bits per heavy atom. The van der Waals surface area contributed by atoms with Gasteiger partial charge in [0.2, 0.25) is 0 Å². The molecule has 4 rings (SSSR count). The lowest BCUT2D eigenvalue weighted by atomic mass is 10.0. The van der Waals surface area contributed by atoms with Gasteiger partial charge < -0.3 is 20.9 Å². The zero-order valence-electron chi connectivity index (χ0n) is 21.6. The molecule has 1 fully saturated rings. The largest absolute Gasteiger partial charge is 0.369 e. The van der Waals surface area contributed by atoms with E-state index in [-0.39, 0.29) is 5.69 Å². The number of anilines is 5. The summed E-state index contributed by atoms with van der Waals surface area (Å²) in [7, 11) is 3.69. The number of pyridine rings is 1. The number of hydrogen-bond donors (Lipinski definition) is 3. The summed E-state index contributed by atoms with van der Waals surface area (Å²) >= 11 is 0. The number of benzene rings is 1. The lowest BCUT2D eigenvalue weighted by Crippen LogP contribution is -2.49. The number of halogens is 1. The molecular weight excluding hydrogens is 459 g/mol. The average molecular weight is 495 g/mol. The minimum atomic E-state index is -0.510. The third-order valence-electron chi connectivity index (χ3n) is 6.59. The molecule has 0 spiro atoms. The van der Waals surface area contributed by atoms with Crippen LogP contribution in [0.5, 0.6) is 0 Å². The van der Waals surface area contributed by atoms with Gasteiger partial charge in [-0.3, -0.25) is 14.4 Å². The molecule has 0 bridgehead atoms. The van der Waals surface area contributed by atoms with Gasteiger partial charge in [-0.2, -0.15) is 5.10 Å². The van der Waals surface area contributed by atoms with Crippen LogP contribution in [0.25, 0.3) is 0 Å². The van der Waals surface area contributed by atoms with E-state index in [1.165, 1.54) is 0 Å². The molecule has 9 nitrogen and oxygen atoms in total.